The van der Waals surface area contributed by atoms with Gasteiger partial charge in [0.25, 0.3) is 0 Å². The molecule has 0 saturated carbocycles. The summed E-state index contributed by atoms with van der Waals surface area (Å²) in [6, 6.07) is 28.2. The van der Waals surface area contributed by atoms with Crippen LogP contribution in [0.25, 0.3) is 22.5 Å². The van der Waals surface area contributed by atoms with Gasteiger partial charge >= 0.3 is 0 Å². The number of H-pyrrole nitrogens is 1. The van der Waals surface area contributed by atoms with E-state index in [1.807, 2.05) is 60.7 Å². The van der Waals surface area contributed by atoms with Crippen LogP contribution in [0.3, 0.4) is 0 Å². The zero-order chi connectivity index (χ0) is 18.6. The molecule has 0 fully saturated rings. The van der Waals surface area contributed by atoms with Crippen molar-refractivity contribution in [1.29, 1.82) is 0 Å². The number of nitrogens with zero attached hydrogens (tertiary/aromatic N) is 1. The third-order valence-corrected chi connectivity index (χ3v) is 4.95. The molecular formula is C22H18ClN3S. The molecule has 3 nitrogen and oxygen atoms in total. The van der Waals surface area contributed by atoms with Crippen LogP contribution in [0.15, 0.2) is 84.9 Å². The lowest BCUT2D eigenvalue weighted by molar-refractivity contribution is 0.769. The first-order valence-electron chi connectivity index (χ1n) is 8.65. The summed E-state index contributed by atoms with van der Waals surface area (Å²) in [6.45, 7) is 0.550. The van der Waals surface area contributed by atoms with E-state index in [1.165, 1.54) is 0 Å². The number of hydrogen-bond donors (Lipinski definition) is 2. The van der Waals surface area contributed by atoms with Crippen molar-refractivity contribution in [2.75, 3.05) is 5.32 Å². The molecular weight excluding hydrogens is 374 g/mol. The average molecular weight is 392 g/mol. The Balaban J connectivity index is 1.77. The van der Waals surface area contributed by atoms with Gasteiger partial charge < -0.3 is 10.3 Å². The number of anilines is 1. The van der Waals surface area contributed by atoms with Gasteiger partial charge in [0.2, 0.25) is 0 Å². The van der Waals surface area contributed by atoms with E-state index in [0.717, 1.165) is 33.2 Å². The van der Waals surface area contributed by atoms with E-state index in [4.69, 9.17) is 23.8 Å². The van der Waals surface area contributed by atoms with Gasteiger partial charge in [-0.25, -0.2) is 0 Å². The standard InChI is InChI=1S/C22H18ClN3S/c23-18-11-13-19(14-12-18)24-15-26-21(17-9-5-2-6-10-17)20(25-22(26)27)16-7-3-1-4-8-16/h1-14,24H,15H2,(H,25,27). The molecule has 134 valence electrons. The lowest BCUT2D eigenvalue weighted by Crippen LogP contribution is -2.09. The average Bonchev–Trinajstić information content (AvgIpc) is 3.05. The molecule has 5 heteroatoms. The molecule has 0 unspecified atom stereocenters. The summed E-state index contributed by atoms with van der Waals surface area (Å²) >= 11 is 11.6. The van der Waals surface area contributed by atoms with Crippen molar-refractivity contribution in [3.8, 4) is 22.5 Å². The van der Waals surface area contributed by atoms with Gasteiger partial charge in [-0.2, -0.15) is 0 Å². The SMILES string of the molecule is S=c1[nH]c(-c2ccccc2)c(-c2ccccc2)n1CNc1ccc(Cl)cc1. The summed E-state index contributed by atoms with van der Waals surface area (Å²) < 4.78 is 2.76. The Morgan fingerprint density at radius 3 is 2.04 bits per heavy atom. The number of halogens is 1. The smallest absolute Gasteiger partial charge is 0.179 e. The number of nitrogens with one attached hydrogen (secondary N) is 2. The van der Waals surface area contributed by atoms with E-state index in [2.05, 4.69) is 39.1 Å². The minimum atomic E-state index is 0.550. The third kappa shape index (κ3) is 3.82. The summed E-state index contributed by atoms with van der Waals surface area (Å²) in [6.07, 6.45) is 0. The molecule has 27 heavy (non-hydrogen) atoms. The van der Waals surface area contributed by atoms with Crippen LogP contribution in [-0.2, 0) is 6.67 Å². The number of aromatic amines is 1. The van der Waals surface area contributed by atoms with Gasteiger partial charge in [0.05, 0.1) is 18.1 Å². The van der Waals surface area contributed by atoms with Gasteiger partial charge in [0.1, 0.15) is 0 Å². The van der Waals surface area contributed by atoms with E-state index in [-0.39, 0.29) is 0 Å². The van der Waals surface area contributed by atoms with Gasteiger partial charge in [-0.05, 0) is 36.5 Å². The Kier molecular flexibility index (Phi) is 5.10. The molecule has 1 heterocycles. The van der Waals surface area contributed by atoms with Crippen LogP contribution in [0.2, 0.25) is 5.02 Å². The Morgan fingerprint density at radius 1 is 0.815 bits per heavy atom. The zero-order valence-electron chi connectivity index (χ0n) is 14.5. The predicted molar refractivity (Wildman–Crippen MR) is 116 cm³/mol. The molecule has 0 amide bonds. The molecule has 0 atom stereocenters. The topological polar surface area (TPSA) is 32.8 Å². The number of benzene rings is 3. The number of hydrogen-bond acceptors (Lipinski definition) is 2. The lowest BCUT2D eigenvalue weighted by Gasteiger charge is -2.13. The van der Waals surface area contributed by atoms with Crippen LogP contribution in [0.5, 0.6) is 0 Å². The summed E-state index contributed by atoms with van der Waals surface area (Å²) in [5.74, 6) is 0. The number of aromatic nitrogens is 2. The van der Waals surface area contributed by atoms with E-state index in [9.17, 15) is 0 Å². The fourth-order valence-electron chi connectivity index (χ4n) is 3.07. The van der Waals surface area contributed by atoms with E-state index >= 15 is 0 Å². The normalized spacial score (nSPS) is 10.7. The van der Waals surface area contributed by atoms with Crippen molar-refractivity contribution in [1.82, 2.24) is 9.55 Å². The summed E-state index contributed by atoms with van der Waals surface area (Å²) in [4.78, 5) is 3.39. The van der Waals surface area contributed by atoms with Gasteiger partial charge in [-0.1, -0.05) is 72.3 Å². The Bertz CT molecular complexity index is 1080. The Hall–Kier alpha value is -2.82. The van der Waals surface area contributed by atoms with Crippen LogP contribution in [0.1, 0.15) is 0 Å². The highest BCUT2D eigenvalue weighted by molar-refractivity contribution is 7.71. The van der Waals surface area contributed by atoms with Crippen LogP contribution in [0, 0.1) is 4.77 Å². The highest BCUT2D eigenvalue weighted by Crippen LogP contribution is 2.31. The fraction of sp³-hybridized carbons (Fsp3) is 0.0455. The van der Waals surface area contributed by atoms with Crippen LogP contribution >= 0.6 is 23.8 Å². The minimum absolute atomic E-state index is 0.550. The largest absolute Gasteiger partial charge is 0.367 e. The first kappa shape index (κ1) is 17.6. The first-order valence-corrected chi connectivity index (χ1v) is 9.44. The van der Waals surface area contributed by atoms with Crippen molar-refractivity contribution in [2.24, 2.45) is 0 Å². The molecule has 0 spiro atoms. The molecule has 4 aromatic rings. The summed E-state index contributed by atoms with van der Waals surface area (Å²) in [7, 11) is 0. The fourth-order valence-corrected chi connectivity index (χ4v) is 3.45. The van der Waals surface area contributed by atoms with Crippen LogP contribution in [-0.4, -0.2) is 9.55 Å². The molecule has 0 aliphatic rings. The van der Waals surface area contributed by atoms with E-state index < -0.39 is 0 Å². The maximum atomic E-state index is 5.98. The van der Waals surface area contributed by atoms with Crippen LogP contribution in [0.4, 0.5) is 5.69 Å². The highest BCUT2D eigenvalue weighted by atomic mass is 35.5. The Labute approximate surface area is 168 Å². The second-order valence-electron chi connectivity index (χ2n) is 6.16. The second-order valence-corrected chi connectivity index (χ2v) is 6.98. The first-order chi connectivity index (χ1) is 13.2. The van der Waals surface area contributed by atoms with Crippen LogP contribution < -0.4 is 5.32 Å². The summed E-state index contributed by atoms with van der Waals surface area (Å²) in [5, 5.41) is 4.14. The third-order valence-electron chi connectivity index (χ3n) is 4.38. The molecule has 0 radical (unpaired) electrons. The minimum Gasteiger partial charge on any atom is -0.367 e. The predicted octanol–water partition coefficient (Wildman–Crippen LogP) is 6.60. The molecule has 1 aromatic heterocycles. The van der Waals surface area contributed by atoms with E-state index in [0.29, 0.717) is 11.4 Å². The van der Waals surface area contributed by atoms with Gasteiger partial charge in [0, 0.05) is 21.8 Å². The Morgan fingerprint density at radius 2 is 1.41 bits per heavy atom. The van der Waals surface area contributed by atoms with E-state index in [1.54, 1.807) is 0 Å². The van der Waals surface area contributed by atoms with Crippen molar-refractivity contribution in [3.05, 3.63) is 94.7 Å². The number of imidazole rings is 1. The highest BCUT2D eigenvalue weighted by Gasteiger charge is 2.15. The molecule has 0 bridgehead atoms. The van der Waals surface area contributed by atoms with Gasteiger partial charge in [0.15, 0.2) is 4.77 Å². The molecule has 0 aliphatic heterocycles. The van der Waals surface area contributed by atoms with Gasteiger partial charge in [-0.15, -0.1) is 0 Å². The monoisotopic (exact) mass is 391 g/mol. The molecule has 0 aliphatic carbocycles. The lowest BCUT2D eigenvalue weighted by atomic mass is 10.0. The molecule has 2 N–H and O–H groups in total. The quantitative estimate of drug-likeness (QED) is 0.375. The molecule has 4 rings (SSSR count). The maximum absolute atomic E-state index is 5.98. The second kappa shape index (κ2) is 7.82. The van der Waals surface area contributed by atoms with Crippen molar-refractivity contribution in [2.45, 2.75) is 6.67 Å². The molecule has 3 aromatic carbocycles. The van der Waals surface area contributed by atoms with Crippen molar-refractivity contribution in [3.63, 3.8) is 0 Å². The molecule has 0 saturated heterocycles. The zero-order valence-corrected chi connectivity index (χ0v) is 16.1. The maximum Gasteiger partial charge on any atom is 0.179 e. The van der Waals surface area contributed by atoms with Crippen molar-refractivity contribution >= 4 is 29.5 Å². The summed E-state index contributed by atoms with van der Waals surface area (Å²) in [5.41, 5.74) is 5.29. The van der Waals surface area contributed by atoms with Gasteiger partial charge in [-0.3, -0.25) is 4.57 Å². The van der Waals surface area contributed by atoms with Crippen molar-refractivity contribution < 1.29 is 0 Å². The number of rotatable bonds is 5.